The second-order valence-electron chi connectivity index (χ2n) is 6.81. The lowest BCUT2D eigenvalue weighted by Crippen LogP contribution is -2.23. The molecule has 152 valence electrons. The van der Waals surface area contributed by atoms with Gasteiger partial charge in [0, 0.05) is 29.7 Å². The molecule has 3 heterocycles. The van der Waals surface area contributed by atoms with Crippen molar-refractivity contribution in [3.63, 3.8) is 0 Å². The molecule has 0 radical (unpaired) electrons. The van der Waals surface area contributed by atoms with Crippen molar-refractivity contribution in [2.45, 2.75) is 6.42 Å². The Bertz CT molecular complexity index is 1520. The Morgan fingerprint density at radius 2 is 2.00 bits per heavy atom. The number of non-ortho nitro benzene ring substituents is 1. The van der Waals surface area contributed by atoms with Crippen molar-refractivity contribution in [3.8, 4) is 11.3 Å². The summed E-state index contributed by atoms with van der Waals surface area (Å²) in [6.45, 7) is 0. The van der Waals surface area contributed by atoms with E-state index < -0.39 is 4.92 Å². The van der Waals surface area contributed by atoms with Crippen molar-refractivity contribution >= 4 is 28.1 Å². The second-order valence-corrected chi connectivity index (χ2v) is 7.82. The first-order valence-corrected chi connectivity index (χ1v) is 10.1. The van der Waals surface area contributed by atoms with Crippen LogP contribution in [0, 0.1) is 10.1 Å². The van der Waals surface area contributed by atoms with E-state index in [0.717, 1.165) is 5.56 Å². The average Bonchev–Trinajstić information content (AvgIpc) is 3.46. The normalized spacial score (nSPS) is 11.9. The van der Waals surface area contributed by atoms with Gasteiger partial charge in [-0.3, -0.25) is 20.0 Å². The molecule has 0 aliphatic rings. The number of benzene rings is 2. The van der Waals surface area contributed by atoms with E-state index in [9.17, 15) is 14.9 Å². The third kappa shape index (κ3) is 3.60. The molecule has 0 spiro atoms. The van der Waals surface area contributed by atoms with Crippen molar-refractivity contribution in [1.29, 1.82) is 0 Å². The molecule has 0 bridgehead atoms. The number of nitro groups is 1. The highest BCUT2D eigenvalue weighted by Crippen LogP contribution is 2.25. The van der Waals surface area contributed by atoms with Crippen molar-refractivity contribution in [1.82, 2.24) is 24.8 Å². The van der Waals surface area contributed by atoms with Crippen LogP contribution in [0.4, 0.5) is 5.69 Å². The molecule has 0 atom stereocenters. The maximum atomic E-state index is 12.8. The van der Waals surface area contributed by atoms with E-state index in [-0.39, 0.29) is 11.2 Å². The number of H-pyrrole nitrogens is 1. The quantitative estimate of drug-likeness (QED) is 0.338. The van der Waals surface area contributed by atoms with E-state index in [0.29, 0.717) is 38.6 Å². The second kappa shape index (κ2) is 7.58. The number of fused-ring (bicyclic) bond motifs is 1. The number of aromatic nitrogens is 5. The molecule has 2 aromatic carbocycles. The minimum Gasteiger partial charge on any atom is -0.277 e. The Hall–Kier alpha value is -4.18. The van der Waals surface area contributed by atoms with Crippen LogP contribution in [0.3, 0.4) is 0 Å². The lowest BCUT2D eigenvalue weighted by molar-refractivity contribution is -0.384. The van der Waals surface area contributed by atoms with Crippen LogP contribution in [-0.2, 0) is 6.42 Å². The molecule has 3 aromatic heterocycles. The molecule has 9 nitrogen and oxygen atoms in total. The average molecular weight is 430 g/mol. The van der Waals surface area contributed by atoms with Gasteiger partial charge in [-0.15, -0.1) is 5.10 Å². The summed E-state index contributed by atoms with van der Waals surface area (Å²) in [7, 11) is 0. The smallest absolute Gasteiger partial charge is 0.277 e. The maximum Gasteiger partial charge on any atom is 0.291 e. The third-order valence-electron chi connectivity index (χ3n) is 4.73. The van der Waals surface area contributed by atoms with Crippen LogP contribution in [0.15, 0.2) is 65.6 Å². The molecule has 10 heteroatoms. The summed E-state index contributed by atoms with van der Waals surface area (Å²) in [6, 6.07) is 16.0. The zero-order chi connectivity index (χ0) is 21.4. The van der Waals surface area contributed by atoms with Crippen LogP contribution < -0.4 is 10.1 Å². The van der Waals surface area contributed by atoms with Gasteiger partial charge in [-0.05, 0) is 11.6 Å². The molecule has 0 aliphatic heterocycles. The van der Waals surface area contributed by atoms with Crippen molar-refractivity contribution < 1.29 is 4.92 Å². The Kier molecular flexibility index (Phi) is 4.60. The summed E-state index contributed by atoms with van der Waals surface area (Å²) >= 11 is 1.24. The van der Waals surface area contributed by atoms with Crippen LogP contribution in [0.1, 0.15) is 17.0 Å². The summed E-state index contributed by atoms with van der Waals surface area (Å²) in [5.41, 5.74) is 2.62. The number of aromatic amines is 1. The summed E-state index contributed by atoms with van der Waals surface area (Å²) in [5, 5.41) is 22.3. The van der Waals surface area contributed by atoms with Gasteiger partial charge in [0.2, 0.25) is 4.96 Å². The molecule has 0 amide bonds. The lowest BCUT2D eigenvalue weighted by atomic mass is 10.1. The monoisotopic (exact) mass is 430 g/mol. The van der Waals surface area contributed by atoms with E-state index in [2.05, 4.69) is 20.3 Å². The summed E-state index contributed by atoms with van der Waals surface area (Å²) in [4.78, 5) is 28.4. The van der Waals surface area contributed by atoms with E-state index in [1.54, 1.807) is 24.4 Å². The highest BCUT2D eigenvalue weighted by molar-refractivity contribution is 7.15. The highest BCUT2D eigenvalue weighted by Gasteiger charge is 2.14. The van der Waals surface area contributed by atoms with Gasteiger partial charge in [0.15, 0.2) is 5.82 Å². The Morgan fingerprint density at radius 1 is 1.16 bits per heavy atom. The Labute approximate surface area is 178 Å². The van der Waals surface area contributed by atoms with Gasteiger partial charge in [0.05, 0.1) is 21.3 Å². The van der Waals surface area contributed by atoms with Crippen LogP contribution in [0.25, 0.3) is 22.3 Å². The standard InChI is InChI=1S/C21H14N6O3S/c28-20-17(31-21-23-18(25-26(20)21)9-13-5-2-1-3-6-13)11-15-12-22-24-19(15)14-7-4-8-16(10-14)27(29)30/h1-8,10-12H,9H2,(H,22,24). The number of thiazole rings is 1. The maximum absolute atomic E-state index is 12.8. The predicted octanol–water partition coefficient (Wildman–Crippen LogP) is 2.59. The Balaban J connectivity index is 1.52. The molecule has 5 aromatic rings. The minimum atomic E-state index is -0.452. The molecular formula is C21H14N6O3S. The molecule has 5 rings (SSSR count). The summed E-state index contributed by atoms with van der Waals surface area (Å²) < 4.78 is 1.76. The minimum absolute atomic E-state index is 0.0210. The van der Waals surface area contributed by atoms with Gasteiger partial charge in [-0.2, -0.15) is 9.61 Å². The topological polar surface area (TPSA) is 119 Å². The van der Waals surface area contributed by atoms with Crippen molar-refractivity contribution in [3.05, 3.63) is 103 Å². The molecule has 0 unspecified atom stereocenters. The molecule has 0 aliphatic carbocycles. The van der Waals surface area contributed by atoms with E-state index in [1.165, 1.54) is 28.0 Å². The molecule has 1 N–H and O–H groups in total. The van der Waals surface area contributed by atoms with Gasteiger partial charge in [-0.1, -0.05) is 53.8 Å². The first-order chi connectivity index (χ1) is 15.1. The zero-order valence-corrected chi connectivity index (χ0v) is 16.7. The lowest BCUT2D eigenvalue weighted by Gasteiger charge is -1.99. The fourth-order valence-electron chi connectivity index (χ4n) is 3.28. The first-order valence-electron chi connectivity index (χ1n) is 9.31. The summed E-state index contributed by atoms with van der Waals surface area (Å²) in [6.07, 6.45) is 3.81. The number of nitrogens with zero attached hydrogens (tertiary/aromatic N) is 5. The number of nitro benzene ring substituents is 1. The van der Waals surface area contributed by atoms with E-state index in [4.69, 9.17) is 0 Å². The van der Waals surface area contributed by atoms with Gasteiger partial charge in [0.25, 0.3) is 11.2 Å². The fourth-order valence-corrected chi connectivity index (χ4v) is 4.20. The van der Waals surface area contributed by atoms with Crippen molar-refractivity contribution in [2.24, 2.45) is 0 Å². The van der Waals surface area contributed by atoms with E-state index >= 15 is 0 Å². The first kappa shape index (κ1) is 18.8. The van der Waals surface area contributed by atoms with Gasteiger partial charge in [0.1, 0.15) is 0 Å². The summed E-state index contributed by atoms with van der Waals surface area (Å²) in [5.74, 6) is 0.585. The molecule has 0 saturated heterocycles. The van der Waals surface area contributed by atoms with Crippen LogP contribution in [0.5, 0.6) is 0 Å². The van der Waals surface area contributed by atoms with Gasteiger partial charge < -0.3 is 0 Å². The fraction of sp³-hybridized carbons (Fsp3) is 0.0476. The SMILES string of the molecule is O=c1c(=Cc2cn[nH]c2-c2cccc([N+](=O)[O-])c2)sc2nc(Cc3ccccc3)nn12. The van der Waals surface area contributed by atoms with Crippen LogP contribution >= 0.6 is 11.3 Å². The zero-order valence-electron chi connectivity index (χ0n) is 15.9. The van der Waals surface area contributed by atoms with Crippen molar-refractivity contribution in [2.75, 3.05) is 0 Å². The van der Waals surface area contributed by atoms with Gasteiger partial charge >= 0.3 is 0 Å². The largest absolute Gasteiger partial charge is 0.291 e. The number of rotatable bonds is 5. The molecule has 0 saturated carbocycles. The number of hydrogen-bond acceptors (Lipinski definition) is 7. The molecular weight excluding hydrogens is 416 g/mol. The molecule has 31 heavy (non-hydrogen) atoms. The van der Waals surface area contributed by atoms with Gasteiger partial charge in [-0.25, -0.2) is 4.98 Å². The third-order valence-corrected chi connectivity index (χ3v) is 5.69. The predicted molar refractivity (Wildman–Crippen MR) is 116 cm³/mol. The molecule has 0 fully saturated rings. The number of nitrogens with one attached hydrogen (secondary N) is 1. The van der Waals surface area contributed by atoms with Crippen LogP contribution in [0.2, 0.25) is 0 Å². The Morgan fingerprint density at radius 3 is 2.77 bits per heavy atom. The van der Waals surface area contributed by atoms with Crippen LogP contribution in [-0.4, -0.2) is 29.7 Å². The number of hydrogen-bond donors (Lipinski definition) is 1. The van der Waals surface area contributed by atoms with E-state index in [1.807, 2.05) is 30.3 Å². The highest BCUT2D eigenvalue weighted by atomic mass is 32.1.